The third kappa shape index (κ3) is 3.74. The van der Waals surface area contributed by atoms with Crippen LogP contribution < -0.4 is 10.1 Å². The van der Waals surface area contributed by atoms with E-state index in [0.29, 0.717) is 5.02 Å². The summed E-state index contributed by atoms with van der Waals surface area (Å²) in [6, 6.07) is 15.2. The fourth-order valence-corrected chi connectivity index (χ4v) is 2.75. The number of rotatable bonds is 5. The van der Waals surface area contributed by atoms with Crippen LogP contribution in [0.1, 0.15) is 24.0 Å². The molecule has 0 unspecified atom stereocenters. The highest BCUT2D eigenvalue weighted by Crippen LogP contribution is 2.45. The average Bonchev–Trinajstić information content (AvgIpc) is 3.34. The molecule has 1 amide bonds. The van der Waals surface area contributed by atoms with Crippen LogP contribution in [0.5, 0.6) is 5.75 Å². The Bertz CT molecular complexity index is 733. The predicted octanol–water partition coefficient (Wildman–Crippen LogP) is 4.17. The average molecular weight is 328 g/mol. The smallest absolute Gasteiger partial charge is 0.244 e. The topological polar surface area (TPSA) is 38.3 Å². The lowest BCUT2D eigenvalue weighted by Crippen LogP contribution is -2.33. The van der Waals surface area contributed by atoms with Crippen LogP contribution in [0.15, 0.2) is 54.6 Å². The van der Waals surface area contributed by atoms with Crippen LogP contribution in [0.25, 0.3) is 6.08 Å². The summed E-state index contributed by atoms with van der Waals surface area (Å²) in [5, 5.41) is 3.79. The second-order valence-corrected chi connectivity index (χ2v) is 6.12. The Morgan fingerprint density at radius 1 is 1.22 bits per heavy atom. The number of methoxy groups -OCH3 is 1. The first-order valence-corrected chi connectivity index (χ1v) is 7.89. The van der Waals surface area contributed by atoms with Crippen molar-refractivity contribution in [1.82, 2.24) is 5.32 Å². The molecule has 1 N–H and O–H groups in total. The van der Waals surface area contributed by atoms with Crippen molar-refractivity contribution in [3.63, 3.8) is 0 Å². The Morgan fingerprint density at radius 3 is 2.57 bits per heavy atom. The van der Waals surface area contributed by atoms with Crippen LogP contribution in [0.2, 0.25) is 5.02 Å². The van der Waals surface area contributed by atoms with Gasteiger partial charge >= 0.3 is 0 Å². The molecule has 0 atom stereocenters. The monoisotopic (exact) mass is 327 g/mol. The SMILES string of the molecule is COc1ccc(/C=C/C(=O)NC2(c3cccc(Cl)c3)CC2)cc1. The maximum absolute atomic E-state index is 12.2. The molecular weight excluding hydrogens is 310 g/mol. The summed E-state index contributed by atoms with van der Waals surface area (Å²) >= 11 is 6.04. The van der Waals surface area contributed by atoms with Crippen molar-refractivity contribution >= 4 is 23.6 Å². The number of nitrogens with one attached hydrogen (secondary N) is 1. The third-order valence-electron chi connectivity index (χ3n) is 4.03. The van der Waals surface area contributed by atoms with E-state index in [9.17, 15) is 4.79 Å². The van der Waals surface area contributed by atoms with Crippen molar-refractivity contribution < 1.29 is 9.53 Å². The zero-order chi connectivity index (χ0) is 16.3. The summed E-state index contributed by atoms with van der Waals surface area (Å²) in [6.07, 6.45) is 5.24. The van der Waals surface area contributed by atoms with Gasteiger partial charge in [0.25, 0.3) is 0 Å². The molecule has 0 spiro atoms. The Kier molecular flexibility index (Phi) is 4.39. The van der Waals surface area contributed by atoms with Gasteiger partial charge in [0.1, 0.15) is 5.75 Å². The van der Waals surface area contributed by atoms with Crippen LogP contribution in [0.3, 0.4) is 0 Å². The lowest BCUT2D eigenvalue weighted by atomic mass is 10.0. The summed E-state index contributed by atoms with van der Waals surface area (Å²) in [4.78, 5) is 12.2. The van der Waals surface area contributed by atoms with Crippen LogP contribution >= 0.6 is 11.6 Å². The molecule has 3 nitrogen and oxygen atoms in total. The van der Waals surface area contributed by atoms with E-state index >= 15 is 0 Å². The quantitative estimate of drug-likeness (QED) is 0.837. The minimum Gasteiger partial charge on any atom is -0.497 e. The molecule has 118 valence electrons. The maximum Gasteiger partial charge on any atom is 0.244 e. The van der Waals surface area contributed by atoms with Crippen molar-refractivity contribution in [3.05, 3.63) is 70.8 Å². The fourth-order valence-electron chi connectivity index (χ4n) is 2.56. The molecule has 0 heterocycles. The molecule has 2 aromatic carbocycles. The van der Waals surface area contributed by atoms with E-state index < -0.39 is 0 Å². The highest BCUT2D eigenvalue weighted by molar-refractivity contribution is 6.30. The van der Waals surface area contributed by atoms with Gasteiger partial charge in [-0.15, -0.1) is 0 Å². The molecule has 0 saturated heterocycles. The molecule has 1 fully saturated rings. The standard InChI is InChI=1S/C19H18ClNO2/c1-23-17-8-5-14(6-9-17)7-10-18(22)21-19(11-12-19)15-3-2-4-16(20)13-15/h2-10,13H,11-12H2,1H3,(H,21,22)/b10-7+. The van der Waals surface area contributed by atoms with Crippen molar-refractivity contribution in [2.24, 2.45) is 0 Å². The van der Waals surface area contributed by atoms with E-state index in [1.165, 1.54) is 0 Å². The van der Waals surface area contributed by atoms with E-state index in [2.05, 4.69) is 5.32 Å². The van der Waals surface area contributed by atoms with Gasteiger partial charge in [0.15, 0.2) is 0 Å². The van der Waals surface area contributed by atoms with Gasteiger partial charge in [-0.3, -0.25) is 4.79 Å². The highest BCUT2D eigenvalue weighted by atomic mass is 35.5. The van der Waals surface area contributed by atoms with Gasteiger partial charge in [-0.2, -0.15) is 0 Å². The first-order valence-electron chi connectivity index (χ1n) is 7.52. The van der Waals surface area contributed by atoms with Crippen LogP contribution in [-0.4, -0.2) is 13.0 Å². The zero-order valence-corrected chi connectivity index (χ0v) is 13.6. The summed E-state index contributed by atoms with van der Waals surface area (Å²) in [7, 11) is 1.63. The third-order valence-corrected chi connectivity index (χ3v) is 4.27. The summed E-state index contributed by atoms with van der Waals surface area (Å²) in [5.74, 6) is 0.697. The molecule has 4 heteroatoms. The number of halogens is 1. The maximum atomic E-state index is 12.2. The van der Waals surface area contributed by atoms with Crippen LogP contribution in [0, 0.1) is 0 Å². The fraction of sp³-hybridized carbons (Fsp3) is 0.211. The van der Waals surface area contributed by atoms with Gasteiger partial charge in [-0.25, -0.2) is 0 Å². The minimum absolute atomic E-state index is 0.0988. The van der Waals surface area contributed by atoms with Gasteiger partial charge < -0.3 is 10.1 Å². The molecule has 3 rings (SSSR count). The van der Waals surface area contributed by atoms with E-state index in [4.69, 9.17) is 16.3 Å². The second-order valence-electron chi connectivity index (χ2n) is 5.69. The molecule has 1 saturated carbocycles. The summed E-state index contributed by atoms with van der Waals surface area (Å²) in [5.41, 5.74) is 1.76. The molecular formula is C19H18ClNO2. The van der Waals surface area contributed by atoms with Gasteiger partial charge in [-0.05, 0) is 54.3 Å². The molecule has 23 heavy (non-hydrogen) atoms. The summed E-state index contributed by atoms with van der Waals surface area (Å²) in [6.45, 7) is 0. The summed E-state index contributed by atoms with van der Waals surface area (Å²) < 4.78 is 5.11. The Labute approximate surface area is 140 Å². The number of hydrogen-bond donors (Lipinski definition) is 1. The van der Waals surface area contributed by atoms with Gasteiger partial charge in [0, 0.05) is 11.1 Å². The van der Waals surface area contributed by atoms with E-state index in [1.54, 1.807) is 19.3 Å². The van der Waals surface area contributed by atoms with Gasteiger partial charge in [0.2, 0.25) is 5.91 Å². The molecule has 1 aliphatic carbocycles. The molecule has 0 bridgehead atoms. The first-order chi connectivity index (χ1) is 11.1. The number of benzene rings is 2. The van der Waals surface area contributed by atoms with E-state index in [-0.39, 0.29) is 11.4 Å². The Hall–Kier alpha value is -2.26. The zero-order valence-electron chi connectivity index (χ0n) is 12.9. The highest BCUT2D eigenvalue weighted by Gasteiger charge is 2.45. The molecule has 2 aromatic rings. The van der Waals surface area contributed by atoms with Crippen LogP contribution in [0.4, 0.5) is 0 Å². The minimum atomic E-state index is -0.258. The van der Waals surface area contributed by atoms with Crippen molar-refractivity contribution in [2.75, 3.05) is 7.11 Å². The van der Waals surface area contributed by atoms with Crippen molar-refractivity contribution in [2.45, 2.75) is 18.4 Å². The normalized spacial score (nSPS) is 15.4. The van der Waals surface area contributed by atoms with Gasteiger partial charge in [-0.1, -0.05) is 35.9 Å². The van der Waals surface area contributed by atoms with Crippen molar-refractivity contribution in [1.29, 1.82) is 0 Å². The van der Waals surface area contributed by atoms with Gasteiger partial charge in [0.05, 0.1) is 12.6 Å². The molecule has 1 aliphatic rings. The Balaban J connectivity index is 1.66. The van der Waals surface area contributed by atoms with Crippen molar-refractivity contribution in [3.8, 4) is 5.75 Å². The molecule has 0 radical (unpaired) electrons. The number of ether oxygens (including phenoxy) is 1. The largest absolute Gasteiger partial charge is 0.497 e. The number of hydrogen-bond acceptors (Lipinski definition) is 2. The predicted molar refractivity (Wildman–Crippen MR) is 92.5 cm³/mol. The van der Waals surface area contributed by atoms with E-state index in [1.807, 2.05) is 48.5 Å². The second kappa shape index (κ2) is 6.47. The molecule has 0 aromatic heterocycles. The lowest BCUT2D eigenvalue weighted by Gasteiger charge is -2.17. The first kappa shape index (κ1) is 15.6. The van der Waals surface area contributed by atoms with E-state index in [0.717, 1.165) is 29.7 Å². The Morgan fingerprint density at radius 2 is 1.96 bits per heavy atom. The number of carbonyl (C=O) groups is 1. The molecule has 0 aliphatic heterocycles. The lowest BCUT2D eigenvalue weighted by molar-refractivity contribution is -0.117. The van der Waals surface area contributed by atoms with Crippen LogP contribution in [-0.2, 0) is 10.3 Å². The number of amides is 1. The number of carbonyl (C=O) groups excluding carboxylic acids is 1.